The van der Waals surface area contributed by atoms with Gasteiger partial charge in [-0.2, -0.15) is 0 Å². The zero-order valence-electron chi connectivity index (χ0n) is 13.4. The summed E-state index contributed by atoms with van der Waals surface area (Å²) >= 11 is 0. The Bertz CT molecular complexity index is 789. The molecular weight excluding hydrogens is 302 g/mol. The van der Waals surface area contributed by atoms with Crippen molar-refractivity contribution in [3.8, 4) is 0 Å². The number of nitrogens with one attached hydrogen (secondary N) is 1. The van der Waals surface area contributed by atoms with Crippen LogP contribution in [0.1, 0.15) is 25.0 Å². The van der Waals surface area contributed by atoms with Crippen molar-refractivity contribution in [1.82, 2.24) is 15.3 Å². The van der Waals surface area contributed by atoms with Gasteiger partial charge in [0, 0.05) is 24.6 Å². The van der Waals surface area contributed by atoms with E-state index < -0.39 is 0 Å². The number of rotatable bonds is 4. The van der Waals surface area contributed by atoms with Gasteiger partial charge in [-0.1, -0.05) is 12.1 Å². The third kappa shape index (κ3) is 2.80. The third-order valence-electron chi connectivity index (χ3n) is 5.48. The number of aromatic nitrogens is 2. The molecule has 1 amide bonds. The minimum absolute atomic E-state index is 0.105. The van der Waals surface area contributed by atoms with Crippen LogP contribution < -0.4 is 5.32 Å². The van der Waals surface area contributed by atoms with E-state index >= 15 is 0 Å². The van der Waals surface area contributed by atoms with Gasteiger partial charge in [0.1, 0.15) is 0 Å². The highest BCUT2D eigenvalue weighted by atomic mass is 16.3. The van der Waals surface area contributed by atoms with Gasteiger partial charge in [0.2, 0.25) is 5.91 Å². The van der Waals surface area contributed by atoms with E-state index in [2.05, 4.69) is 15.3 Å². The highest BCUT2D eigenvalue weighted by Crippen LogP contribution is 2.48. The Morgan fingerprint density at radius 1 is 1.25 bits per heavy atom. The number of benzene rings is 1. The first-order valence-electron chi connectivity index (χ1n) is 8.56. The van der Waals surface area contributed by atoms with E-state index in [0.29, 0.717) is 17.5 Å². The molecule has 4 unspecified atom stereocenters. The maximum Gasteiger partial charge on any atom is 0.244 e. The summed E-state index contributed by atoms with van der Waals surface area (Å²) in [6.07, 6.45) is 8.35. The molecule has 0 spiro atoms. The second kappa shape index (κ2) is 6.32. The summed E-state index contributed by atoms with van der Waals surface area (Å²) in [5.74, 6) is 1.17. The topological polar surface area (TPSA) is 75.1 Å². The van der Waals surface area contributed by atoms with Gasteiger partial charge in [-0.25, -0.2) is 4.98 Å². The SMILES string of the molecule is O=C(/C=C/c1cnc2ccccc2n1)NC1C2CCC(C2)C1CO. The number of hydrogen-bond acceptors (Lipinski definition) is 4. The van der Waals surface area contributed by atoms with Crippen LogP contribution in [0.5, 0.6) is 0 Å². The van der Waals surface area contributed by atoms with Crippen LogP contribution in [0.3, 0.4) is 0 Å². The lowest BCUT2D eigenvalue weighted by Gasteiger charge is -2.30. The van der Waals surface area contributed by atoms with Crippen LogP contribution in [-0.4, -0.2) is 33.6 Å². The fraction of sp³-hybridized carbons (Fsp3) is 0.421. The number of hydrogen-bond donors (Lipinski definition) is 2. The number of aliphatic hydroxyl groups excluding tert-OH is 1. The van der Waals surface area contributed by atoms with Gasteiger partial charge >= 0.3 is 0 Å². The number of para-hydroxylation sites is 2. The van der Waals surface area contributed by atoms with E-state index in [1.54, 1.807) is 12.3 Å². The second-order valence-electron chi connectivity index (χ2n) is 6.83. The molecule has 1 aromatic heterocycles. The summed E-state index contributed by atoms with van der Waals surface area (Å²) in [6, 6.07) is 7.76. The van der Waals surface area contributed by atoms with Crippen LogP contribution in [0.2, 0.25) is 0 Å². The van der Waals surface area contributed by atoms with Crippen molar-refractivity contribution >= 4 is 23.0 Å². The minimum Gasteiger partial charge on any atom is -0.396 e. The van der Waals surface area contributed by atoms with Crippen molar-refractivity contribution in [3.05, 3.63) is 42.2 Å². The van der Waals surface area contributed by atoms with Gasteiger partial charge < -0.3 is 10.4 Å². The molecular formula is C19H21N3O2. The van der Waals surface area contributed by atoms with Crippen LogP contribution >= 0.6 is 0 Å². The average molecular weight is 323 g/mol. The summed E-state index contributed by atoms with van der Waals surface area (Å²) in [7, 11) is 0. The second-order valence-corrected chi connectivity index (χ2v) is 6.83. The Balaban J connectivity index is 1.44. The highest BCUT2D eigenvalue weighted by Gasteiger charge is 2.47. The van der Waals surface area contributed by atoms with Crippen LogP contribution in [0, 0.1) is 17.8 Å². The standard InChI is InChI=1S/C19H21N3O2/c23-11-15-12-5-6-13(9-12)19(15)22-18(24)8-7-14-10-20-16-3-1-2-4-17(16)21-14/h1-4,7-8,10,12-13,15,19,23H,5-6,9,11H2,(H,22,24)/b8-7+. The Morgan fingerprint density at radius 3 is 2.88 bits per heavy atom. The number of carbonyl (C=O) groups excluding carboxylic acids is 1. The summed E-state index contributed by atoms with van der Waals surface area (Å²) in [5, 5.41) is 12.7. The first kappa shape index (κ1) is 15.3. The molecule has 2 fully saturated rings. The molecule has 5 heteroatoms. The Labute approximate surface area is 140 Å². The lowest BCUT2D eigenvalue weighted by molar-refractivity contribution is -0.117. The van der Waals surface area contributed by atoms with E-state index in [0.717, 1.165) is 23.9 Å². The van der Waals surface area contributed by atoms with Crippen molar-refractivity contribution < 1.29 is 9.90 Å². The van der Waals surface area contributed by atoms with Crippen molar-refractivity contribution in [3.63, 3.8) is 0 Å². The van der Waals surface area contributed by atoms with Gasteiger partial charge in [0.15, 0.2) is 0 Å². The van der Waals surface area contributed by atoms with E-state index in [1.807, 2.05) is 24.3 Å². The van der Waals surface area contributed by atoms with Crippen molar-refractivity contribution in [1.29, 1.82) is 0 Å². The average Bonchev–Trinajstić information content (AvgIpc) is 3.21. The Morgan fingerprint density at radius 2 is 2.04 bits per heavy atom. The zero-order valence-corrected chi connectivity index (χ0v) is 13.4. The molecule has 4 rings (SSSR count). The smallest absolute Gasteiger partial charge is 0.244 e. The quantitative estimate of drug-likeness (QED) is 0.846. The lowest BCUT2D eigenvalue weighted by atomic mass is 9.85. The van der Waals surface area contributed by atoms with E-state index in [-0.39, 0.29) is 24.5 Å². The predicted octanol–water partition coefficient (Wildman–Crippen LogP) is 2.17. The van der Waals surface area contributed by atoms with Crippen LogP contribution in [0.25, 0.3) is 17.1 Å². The summed E-state index contributed by atoms with van der Waals surface area (Å²) in [6.45, 7) is 0.159. The van der Waals surface area contributed by atoms with Crippen LogP contribution in [0.15, 0.2) is 36.5 Å². The van der Waals surface area contributed by atoms with Crippen LogP contribution in [-0.2, 0) is 4.79 Å². The summed E-state index contributed by atoms with van der Waals surface area (Å²) < 4.78 is 0. The molecule has 2 aliphatic rings. The molecule has 0 radical (unpaired) electrons. The fourth-order valence-corrected chi connectivity index (χ4v) is 4.32. The molecule has 0 aliphatic heterocycles. The predicted molar refractivity (Wildman–Crippen MR) is 91.9 cm³/mol. The number of fused-ring (bicyclic) bond motifs is 3. The molecule has 4 atom stereocenters. The number of carbonyl (C=O) groups is 1. The molecule has 1 heterocycles. The number of nitrogens with zero attached hydrogens (tertiary/aromatic N) is 2. The van der Waals surface area contributed by atoms with Gasteiger partial charge in [-0.05, 0) is 49.3 Å². The molecule has 2 aliphatic carbocycles. The van der Waals surface area contributed by atoms with Gasteiger partial charge in [-0.3, -0.25) is 9.78 Å². The fourth-order valence-electron chi connectivity index (χ4n) is 4.32. The van der Waals surface area contributed by atoms with Crippen molar-refractivity contribution in [2.24, 2.45) is 17.8 Å². The van der Waals surface area contributed by atoms with E-state index in [9.17, 15) is 9.90 Å². The zero-order chi connectivity index (χ0) is 16.5. The molecule has 24 heavy (non-hydrogen) atoms. The first-order valence-corrected chi connectivity index (χ1v) is 8.56. The Kier molecular flexibility index (Phi) is 4.02. The lowest BCUT2D eigenvalue weighted by Crippen LogP contribution is -2.44. The molecule has 124 valence electrons. The first-order chi connectivity index (χ1) is 11.7. The van der Waals surface area contributed by atoms with Crippen molar-refractivity contribution in [2.75, 3.05) is 6.61 Å². The number of amides is 1. The molecule has 2 N–H and O–H groups in total. The van der Waals surface area contributed by atoms with E-state index in [1.165, 1.54) is 12.5 Å². The van der Waals surface area contributed by atoms with Gasteiger partial charge in [-0.15, -0.1) is 0 Å². The molecule has 1 aromatic carbocycles. The maximum absolute atomic E-state index is 12.2. The van der Waals surface area contributed by atoms with Crippen molar-refractivity contribution in [2.45, 2.75) is 25.3 Å². The highest BCUT2D eigenvalue weighted by molar-refractivity contribution is 5.92. The molecule has 5 nitrogen and oxygen atoms in total. The minimum atomic E-state index is -0.124. The monoisotopic (exact) mass is 323 g/mol. The number of aliphatic hydroxyl groups is 1. The molecule has 2 bridgehead atoms. The molecule has 2 saturated carbocycles. The third-order valence-corrected chi connectivity index (χ3v) is 5.48. The normalized spacial score (nSPS) is 28.7. The maximum atomic E-state index is 12.2. The summed E-state index contributed by atoms with van der Waals surface area (Å²) in [4.78, 5) is 21.1. The van der Waals surface area contributed by atoms with Crippen LogP contribution in [0.4, 0.5) is 0 Å². The van der Waals surface area contributed by atoms with Gasteiger partial charge in [0.25, 0.3) is 0 Å². The largest absolute Gasteiger partial charge is 0.396 e. The summed E-state index contributed by atoms with van der Waals surface area (Å²) in [5.41, 5.74) is 2.32. The molecule has 0 saturated heterocycles. The Hall–Kier alpha value is -2.27. The van der Waals surface area contributed by atoms with Gasteiger partial charge in [0.05, 0.1) is 22.9 Å². The van der Waals surface area contributed by atoms with E-state index in [4.69, 9.17) is 0 Å². The molecule has 2 aromatic rings.